The van der Waals surface area contributed by atoms with Crippen LogP contribution in [0.15, 0.2) is 66.2 Å². The molecule has 2 aromatic carbocycles. The van der Waals surface area contributed by atoms with Crippen LogP contribution in [-0.4, -0.2) is 55.9 Å². The highest BCUT2D eigenvalue weighted by molar-refractivity contribution is 6.00. The number of aliphatic imine (C=N–C) groups is 1. The molecule has 3 N–H and O–H groups in total. The molecule has 3 rings (SSSR count). The van der Waals surface area contributed by atoms with Crippen molar-refractivity contribution in [1.82, 2.24) is 10.9 Å². The molecule has 8 nitrogen and oxygen atoms in total. The van der Waals surface area contributed by atoms with E-state index in [4.69, 9.17) is 19.3 Å². The molecule has 0 unspecified atom stereocenters. The third-order valence-corrected chi connectivity index (χ3v) is 5.25. The summed E-state index contributed by atoms with van der Waals surface area (Å²) in [5, 5.41) is 8.85. The Morgan fingerprint density at radius 3 is 2.79 bits per heavy atom. The highest BCUT2D eigenvalue weighted by Crippen LogP contribution is 2.27. The van der Waals surface area contributed by atoms with Crippen LogP contribution in [0.4, 0.5) is 0 Å². The van der Waals surface area contributed by atoms with Crippen molar-refractivity contribution in [3.05, 3.63) is 72.3 Å². The van der Waals surface area contributed by atoms with E-state index >= 15 is 0 Å². The minimum Gasteiger partial charge on any atom is -0.496 e. The molecular formula is C25H31N3O5. The summed E-state index contributed by atoms with van der Waals surface area (Å²) in [5.74, 6) is 1.64. The number of rotatable bonds is 13. The van der Waals surface area contributed by atoms with Gasteiger partial charge in [0.25, 0.3) is 5.91 Å². The first kappa shape index (κ1) is 24.3. The predicted octanol–water partition coefficient (Wildman–Crippen LogP) is 2.41. The molecule has 0 fully saturated rings. The molecule has 0 radical (unpaired) electrons. The number of hydrazine groups is 1. The summed E-state index contributed by atoms with van der Waals surface area (Å²) in [5.41, 5.74) is 6.48. The maximum atomic E-state index is 13.0. The molecule has 1 amide bonds. The van der Waals surface area contributed by atoms with Gasteiger partial charge >= 0.3 is 0 Å². The smallest absolute Gasteiger partial charge is 0.266 e. The van der Waals surface area contributed by atoms with Crippen LogP contribution in [0.25, 0.3) is 0 Å². The number of hydrogen-bond donors (Lipinski definition) is 3. The number of aliphatic hydroxyl groups excluding tert-OH is 1. The molecule has 1 atom stereocenters. The molecule has 0 aromatic heterocycles. The summed E-state index contributed by atoms with van der Waals surface area (Å²) >= 11 is 0. The van der Waals surface area contributed by atoms with Gasteiger partial charge in [0.2, 0.25) is 5.90 Å². The van der Waals surface area contributed by atoms with E-state index in [1.54, 1.807) is 13.2 Å². The van der Waals surface area contributed by atoms with Gasteiger partial charge in [0.05, 0.1) is 13.7 Å². The van der Waals surface area contributed by atoms with E-state index in [1.165, 1.54) is 0 Å². The topological polar surface area (TPSA) is 101 Å². The molecule has 0 bridgehead atoms. The zero-order chi connectivity index (χ0) is 23.5. The molecule has 2 aromatic rings. The largest absolute Gasteiger partial charge is 0.496 e. The highest BCUT2D eigenvalue weighted by atomic mass is 16.5. The average Bonchev–Trinajstić information content (AvgIpc) is 3.28. The van der Waals surface area contributed by atoms with Crippen molar-refractivity contribution in [2.45, 2.75) is 24.8 Å². The Hall–Kier alpha value is -3.36. The summed E-state index contributed by atoms with van der Waals surface area (Å²) in [6, 6.07) is 15.1. The van der Waals surface area contributed by atoms with E-state index in [0.717, 1.165) is 16.9 Å². The van der Waals surface area contributed by atoms with E-state index in [0.29, 0.717) is 44.1 Å². The number of amides is 1. The fraction of sp³-hybridized carbons (Fsp3) is 0.360. The molecule has 0 aliphatic carbocycles. The molecule has 1 aliphatic heterocycles. The lowest BCUT2D eigenvalue weighted by molar-refractivity contribution is -0.127. The van der Waals surface area contributed by atoms with Crippen LogP contribution < -0.4 is 20.3 Å². The Labute approximate surface area is 194 Å². The summed E-state index contributed by atoms with van der Waals surface area (Å²) in [6.07, 6.45) is 3.28. The SMILES string of the molecule is C=CC[C@@]1(C(=O)NNCCc2ccccc2OC)COC(c2ccc(OCCCO)cc2)=N1. The Bertz CT molecular complexity index is 961. The quantitative estimate of drug-likeness (QED) is 0.245. The molecule has 0 spiro atoms. The van der Waals surface area contributed by atoms with Crippen LogP contribution in [0.1, 0.15) is 24.0 Å². The Balaban J connectivity index is 1.59. The third kappa shape index (κ3) is 6.34. The van der Waals surface area contributed by atoms with Crippen LogP contribution in [0.5, 0.6) is 11.5 Å². The number of hydrogen-bond acceptors (Lipinski definition) is 7. The van der Waals surface area contributed by atoms with Gasteiger partial charge in [-0.05, 0) is 42.3 Å². The molecule has 8 heteroatoms. The third-order valence-electron chi connectivity index (χ3n) is 5.25. The first-order valence-corrected chi connectivity index (χ1v) is 10.9. The number of methoxy groups -OCH3 is 1. The minimum atomic E-state index is -1.08. The summed E-state index contributed by atoms with van der Waals surface area (Å²) in [6.45, 7) is 4.97. The molecule has 0 saturated heterocycles. The predicted molar refractivity (Wildman–Crippen MR) is 127 cm³/mol. The first-order chi connectivity index (χ1) is 16.1. The van der Waals surface area contributed by atoms with Crippen molar-refractivity contribution in [3.63, 3.8) is 0 Å². The van der Waals surface area contributed by atoms with E-state index in [-0.39, 0.29) is 19.1 Å². The van der Waals surface area contributed by atoms with Gasteiger partial charge in [0.1, 0.15) is 18.1 Å². The Morgan fingerprint density at radius 1 is 1.27 bits per heavy atom. The number of aliphatic hydroxyl groups is 1. The number of carbonyl (C=O) groups excluding carboxylic acids is 1. The van der Waals surface area contributed by atoms with Gasteiger partial charge in [-0.1, -0.05) is 24.3 Å². The number of para-hydroxylation sites is 1. The van der Waals surface area contributed by atoms with Gasteiger partial charge in [0, 0.05) is 31.6 Å². The number of nitrogens with one attached hydrogen (secondary N) is 2. The highest BCUT2D eigenvalue weighted by Gasteiger charge is 2.43. The zero-order valence-electron chi connectivity index (χ0n) is 18.9. The van der Waals surface area contributed by atoms with Crippen molar-refractivity contribution < 1.29 is 24.1 Å². The molecule has 176 valence electrons. The molecule has 1 heterocycles. The van der Waals surface area contributed by atoms with Crippen molar-refractivity contribution in [2.75, 3.05) is 33.5 Å². The fourth-order valence-electron chi connectivity index (χ4n) is 3.46. The van der Waals surface area contributed by atoms with Crippen LogP contribution in [0.3, 0.4) is 0 Å². The standard InChI is InChI=1S/C25H31N3O5/c1-3-14-25(24(30)28-26-15-13-19-7-4-5-8-22(19)31-2)18-33-23(27-25)20-9-11-21(12-10-20)32-17-6-16-29/h3-5,7-12,26,29H,1,6,13-18H2,2H3,(H,28,30)/t25-/m0/s1. The molecule has 33 heavy (non-hydrogen) atoms. The number of carbonyl (C=O) groups is 1. The van der Waals surface area contributed by atoms with Gasteiger partial charge in [-0.25, -0.2) is 10.4 Å². The monoisotopic (exact) mass is 453 g/mol. The normalized spacial score (nSPS) is 17.1. The van der Waals surface area contributed by atoms with E-state index in [9.17, 15) is 4.79 Å². The molecule has 0 saturated carbocycles. The van der Waals surface area contributed by atoms with Crippen molar-refractivity contribution in [1.29, 1.82) is 0 Å². The lowest BCUT2D eigenvalue weighted by Crippen LogP contribution is -2.51. The minimum absolute atomic E-state index is 0.0888. The van der Waals surface area contributed by atoms with E-state index in [1.807, 2.05) is 48.5 Å². The van der Waals surface area contributed by atoms with E-state index < -0.39 is 5.54 Å². The summed E-state index contributed by atoms with van der Waals surface area (Å²) in [4.78, 5) is 17.6. The average molecular weight is 454 g/mol. The van der Waals surface area contributed by atoms with Gasteiger partial charge in [-0.15, -0.1) is 6.58 Å². The van der Waals surface area contributed by atoms with Crippen LogP contribution in [0.2, 0.25) is 0 Å². The maximum Gasteiger partial charge on any atom is 0.266 e. The fourth-order valence-corrected chi connectivity index (χ4v) is 3.46. The van der Waals surface area contributed by atoms with Crippen molar-refractivity contribution >= 4 is 11.8 Å². The van der Waals surface area contributed by atoms with E-state index in [2.05, 4.69) is 22.4 Å². The Kier molecular flexibility index (Phi) is 8.86. The van der Waals surface area contributed by atoms with Crippen LogP contribution in [-0.2, 0) is 16.0 Å². The van der Waals surface area contributed by atoms with Crippen LogP contribution in [0, 0.1) is 0 Å². The van der Waals surface area contributed by atoms with Gasteiger partial charge in [-0.3, -0.25) is 10.2 Å². The number of ether oxygens (including phenoxy) is 3. The Morgan fingerprint density at radius 2 is 2.06 bits per heavy atom. The molecular weight excluding hydrogens is 422 g/mol. The van der Waals surface area contributed by atoms with Crippen LogP contribution >= 0.6 is 0 Å². The number of benzene rings is 2. The lowest BCUT2D eigenvalue weighted by Gasteiger charge is -2.21. The molecule has 1 aliphatic rings. The second-order valence-electron chi connectivity index (χ2n) is 7.62. The summed E-state index contributed by atoms with van der Waals surface area (Å²) < 4.78 is 16.7. The number of nitrogens with zero attached hydrogens (tertiary/aromatic N) is 1. The van der Waals surface area contributed by atoms with Gasteiger partial charge < -0.3 is 19.3 Å². The second kappa shape index (κ2) is 12.0. The van der Waals surface area contributed by atoms with Gasteiger partial charge in [0.15, 0.2) is 5.54 Å². The zero-order valence-corrected chi connectivity index (χ0v) is 18.9. The summed E-state index contributed by atoms with van der Waals surface area (Å²) in [7, 11) is 1.64. The maximum absolute atomic E-state index is 13.0. The van der Waals surface area contributed by atoms with Crippen molar-refractivity contribution in [2.24, 2.45) is 4.99 Å². The second-order valence-corrected chi connectivity index (χ2v) is 7.62. The van der Waals surface area contributed by atoms with Crippen molar-refractivity contribution in [3.8, 4) is 11.5 Å². The van der Waals surface area contributed by atoms with Gasteiger partial charge in [-0.2, -0.15) is 0 Å². The first-order valence-electron chi connectivity index (χ1n) is 10.9. The lowest BCUT2D eigenvalue weighted by atomic mass is 9.97.